The molecule has 1 unspecified atom stereocenters. The van der Waals surface area contributed by atoms with Gasteiger partial charge in [0.25, 0.3) is 0 Å². The minimum Gasteiger partial charge on any atom is -0.300 e. The molecule has 86 valence electrons. The Morgan fingerprint density at radius 2 is 2.06 bits per heavy atom. The van der Waals surface area contributed by atoms with Crippen molar-refractivity contribution < 1.29 is 9.18 Å². The monoisotopic (exact) mass is 221 g/mol. The van der Waals surface area contributed by atoms with Crippen LogP contribution in [0.5, 0.6) is 0 Å². The van der Waals surface area contributed by atoms with E-state index in [9.17, 15) is 9.18 Å². The maximum Gasteiger partial charge on any atom is 0.134 e. The third kappa shape index (κ3) is 2.67. The van der Waals surface area contributed by atoms with Gasteiger partial charge in [-0.15, -0.1) is 0 Å². The summed E-state index contributed by atoms with van der Waals surface area (Å²) in [4.78, 5) is 13.4. The van der Waals surface area contributed by atoms with Crippen molar-refractivity contribution in [3.63, 3.8) is 0 Å². The lowest BCUT2D eigenvalue weighted by molar-refractivity contribution is -0.117. The van der Waals surface area contributed by atoms with Gasteiger partial charge in [0.2, 0.25) is 0 Å². The molecule has 0 N–H and O–H groups in total. The number of carbonyl (C=O) groups is 1. The van der Waals surface area contributed by atoms with Crippen LogP contribution in [0, 0.1) is 5.82 Å². The van der Waals surface area contributed by atoms with Crippen LogP contribution in [0.2, 0.25) is 0 Å². The molecule has 0 saturated heterocycles. The average molecular weight is 221 g/mol. The Kier molecular flexibility index (Phi) is 3.34. The fourth-order valence-corrected chi connectivity index (χ4v) is 2.18. The topological polar surface area (TPSA) is 20.3 Å². The van der Waals surface area contributed by atoms with E-state index in [1.165, 1.54) is 12.1 Å². The standard InChI is InChI=1S/C13H16FNO/c1-15(12-6-7-13(16)8-12)9-10-2-4-11(14)5-3-10/h2-5,12H,6-9H2,1H3. The summed E-state index contributed by atoms with van der Waals surface area (Å²) in [6, 6.07) is 6.90. The van der Waals surface area contributed by atoms with Crippen molar-refractivity contribution in [2.24, 2.45) is 0 Å². The lowest BCUT2D eigenvalue weighted by Crippen LogP contribution is -2.29. The van der Waals surface area contributed by atoms with Crippen molar-refractivity contribution >= 4 is 5.78 Å². The van der Waals surface area contributed by atoms with E-state index in [4.69, 9.17) is 0 Å². The van der Waals surface area contributed by atoms with Gasteiger partial charge in [-0.25, -0.2) is 4.39 Å². The van der Waals surface area contributed by atoms with Gasteiger partial charge in [-0.05, 0) is 31.2 Å². The van der Waals surface area contributed by atoms with E-state index in [2.05, 4.69) is 4.90 Å². The van der Waals surface area contributed by atoms with E-state index in [1.54, 1.807) is 12.1 Å². The average Bonchev–Trinajstić information content (AvgIpc) is 2.68. The number of hydrogen-bond acceptors (Lipinski definition) is 2. The number of halogens is 1. The van der Waals surface area contributed by atoms with Gasteiger partial charge in [-0.1, -0.05) is 12.1 Å². The van der Waals surface area contributed by atoms with Gasteiger partial charge in [0.1, 0.15) is 11.6 Å². The second-order valence-electron chi connectivity index (χ2n) is 4.48. The molecule has 0 aliphatic heterocycles. The smallest absolute Gasteiger partial charge is 0.134 e. The lowest BCUT2D eigenvalue weighted by atomic mass is 10.1. The summed E-state index contributed by atoms with van der Waals surface area (Å²) >= 11 is 0. The van der Waals surface area contributed by atoms with Gasteiger partial charge in [-0.3, -0.25) is 9.69 Å². The van der Waals surface area contributed by atoms with Crippen molar-refractivity contribution in [1.29, 1.82) is 0 Å². The highest BCUT2D eigenvalue weighted by atomic mass is 19.1. The number of hydrogen-bond donors (Lipinski definition) is 0. The molecule has 1 aliphatic carbocycles. The van der Waals surface area contributed by atoms with Gasteiger partial charge >= 0.3 is 0 Å². The zero-order chi connectivity index (χ0) is 11.5. The molecule has 1 aromatic rings. The molecular formula is C13H16FNO. The molecule has 0 amide bonds. The highest BCUT2D eigenvalue weighted by molar-refractivity contribution is 5.81. The van der Waals surface area contributed by atoms with Crippen LogP contribution < -0.4 is 0 Å². The summed E-state index contributed by atoms with van der Waals surface area (Å²) in [6.07, 6.45) is 2.33. The van der Waals surface area contributed by atoms with Crippen molar-refractivity contribution in [3.8, 4) is 0 Å². The highest BCUT2D eigenvalue weighted by Gasteiger charge is 2.25. The molecule has 1 atom stereocenters. The number of carbonyl (C=O) groups excluding carboxylic acids is 1. The number of nitrogens with zero attached hydrogens (tertiary/aromatic N) is 1. The molecule has 1 fully saturated rings. The fraction of sp³-hybridized carbons (Fsp3) is 0.462. The third-order valence-corrected chi connectivity index (χ3v) is 3.19. The molecule has 1 aliphatic rings. The predicted molar refractivity (Wildman–Crippen MR) is 60.5 cm³/mol. The Morgan fingerprint density at radius 3 is 2.62 bits per heavy atom. The zero-order valence-corrected chi connectivity index (χ0v) is 9.45. The van der Waals surface area contributed by atoms with Crippen molar-refractivity contribution in [2.45, 2.75) is 31.8 Å². The summed E-state index contributed by atoms with van der Waals surface area (Å²) in [5.41, 5.74) is 1.09. The number of ketones is 1. The first-order valence-electron chi connectivity index (χ1n) is 5.61. The molecule has 0 aromatic heterocycles. The van der Waals surface area contributed by atoms with Crippen molar-refractivity contribution in [1.82, 2.24) is 4.90 Å². The van der Waals surface area contributed by atoms with E-state index < -0.39 is 0 Å². The first kappa shape index (κ1) is 11.3. The fourth-order valence-electron chi connectivity index (χ4n) is 2.18. The maximum absolute atomic E-state index is 12.7. The Morgan fingerprint density at radius 1 is 1.38 bits per heavy atom. The predicted octanol–water partition coefficient (Wildman–Crippen LogP) is 2.38. The van der Waals surface area contributed by atoms with E-state index in [0.717, 1.165) is 18.5 Å². The summed E-state index contributed by atoms with van der Waals surface area (Å²) < 4.78 is 12.7. The molecule has 3 heteroatoms. The Labute approximate surface area is 95.1 Å². The number of benzene rings is 1. The Hall–Kier alpha value is -1.22. The van der Waals surface area contributed by atoms with Crippen LogP contribution in [-0.4, -0.2) is 23.8 Å². The SMILES string of the molecule is CN(Cc1ccc(F)cc1)C1CCC(=O)C1. The number of Topliss-reactive ketones (excluding diaryl/α,β-unsaturated/α-hetero) is 1. The van der Waals surface area contributed by atoms with E-state index in [-0.39, 0.29) is 5.82 Å². The number of rotatable bonds is 3. The van der Waals surface area contributed by atoms with Gasteiger partial charge in [0.05, 0.1) is 0 Å². The molecule has 0 radical (unpaired) electrons. The molecule has 2 nitrogen and oxygen atoms in total. The summed E-state index contributed by atoms with van der Waals surface area (Å²) in [7, 11) is 2.02. The second kappa shape index (κ2) is 4.74. The molecule has 16 heavy (non-hydrogen) atoms. The van der Waals surface area contributed by atoms with Crippen LogP contribution in [0.4, 0.5) is 4.39 Å². The molecule has 0 bridgehead atoms. The lowest BCUT2D eigenvalue weighted by Gasteiger charge is -2.23. The zero-order valence-electron chi connectivity index (χ0n) is 9.45. The van der Waals surface area contributed by atoms with Crippen LogP contribution in [0.1, 0.15) is 24.8 Å². The van der Waals surface area contributed by atoms with Crippen LogP contribution in [0.3, 0.4) is 0 Å². The van der Waals surface area contributed by atoms with Gasteiger partial charge < -0.3 is 0 Å². The highest BCUT2D eigenvalue weighted by Crippen LogP contribution is 2.21. The van der Waals surface area contributed by atoms with Crippen molar-refractivity contribution in [2.75, 3.05) is 7.05 Å². The molecule has 1 aromatic carbocycles. The summed E-state index contributed by atoms with van der Waals surface area (Å²) in [5.74, 6) is 0.151. The van der Waals surface area contributed by atoms with Crippen LogP contribution in [0.25, 0.3) is 0 Å². The third-order valence-electron chi connectivity index (χ3n) is 3.19. The first-order chi connectivity index (χ1) is 7.65. The van der Waals surface area contributed by atoms with Gasteiger partial charge in [-0.2, -0.15) is 0 Å². The van der Waals surface area contributed by atoms with Gasteiger partial charge in [0.15, 0.2) is 0 Å². The Balaban J connectivity index is 1.94. The molecule has 0 heterocycles. The van der Waals surface area contributed by atoms with E-state index >= 15 is 0 Å². The maximum atomic E-state index is 12.7. The molecule has 1 saturated carbocycles. The largest absolute Gasteiger partial charge is 0.300 e. The van der Waals surface area contributed by atoms with Crippen LogP contribution >= 0.6 is 0 Å². The van der Waals surface area contributed by atoms with Crippen LogP contribution in [0.15, 0.2) is 24.3 Å². The van der Waals surface area contributed by atoms with Crippen molar-refractivity contribution in [3.05, 3.63) is 35.6 Å². The van der Waals surface area contributed by atoms with Gasteiger partial charge in [0, 0.05) is 25.4 Å². The normalized spacial score (nSPS) is 20.7. The van der Waals surface area contributed by atoms with Crippen LogP contribution in [-0.2, 0) is 11.3 Å². The minimum atomic E-state index is -0.206. The first-order valence-corrected chi connectivity index (χ1v) is 5.61. The Bertz CT molecular complexity index is 374. The summed E-state index contributed by atoms with van der Waals surface area (Å²) in [6.45, 7) is 0.776. The molecular weight excluding hydrogens is 205 g/mol. The molecule has 2 rings (SSSR count). The minimum absolute atomic E-state index is 0.206. The van der Waals surface area contributed by atoms with E-state index in [0.29, 0.717) is 24.7 Å². The second-order valence-corrected chi connectivity index (χ2v) is 4.48. The van der Waals surface area contributed by atoms with E-state index in [1.807, 2.05) is 7.05 Å². The summed E-state index contributed by atoms with van der Waals surface area (Å²) in [5, 5.41) is 0. The molecule has 0 spiro atoms. The quantitative estimate of drug-likeness (QED) is 0.781.